The van der Waals surface area contributed by atoms with E-state index in [4.69, 9.17) is 0 Å². The van der Waals surface area contributed by atoms with Crippen molar-refractivity contribution < 1.29 is 4.79 Å². The van der Waals surface area contributed by atoms with Crippen LogP contribution in [0.5, 0.6) is 0 Å². The van der Waals surface area contributed by atoms with Crippen LogP contribution in [0.4, 0.5) is 0 Å². The highest BCUT2D eigenvalue weighted by molar-refractivity contribution is 5.98. The van der Waals surface area contributed by atoms with Crippen LogP contribution in [-0.4, -0.2) is 10.5 Å². The molecule has 4 nitrogen and oxygen atoms in total. The van der Waals surface area contributed by atoms with Crippen molar-refractivity contribution >= 4 is 27.6 Å². The molecular formula is C24H20N2O2. The van der Waals surface area contributed by atoms with Gasteiger partial charge in [-0.25, -0.2) is 0 Å². The number of benzene rings is 3. The highest BCUT2D eigenvalue weighted by Gasteiger charge is 2.24. The maximum absolute atomic E-state index is 13.0. The van der Waals surface area contributed by atoms with Crippen molar-refractivity contribution in [2.75, 3.05) is 0 Å². The van der Waals surface area contributed by atoms with Crippen molar-refractivity contribution in [2.45, 2.75) is 25.9 Å². The third-order valence-electron chi connectivity index (χ3n) is 5.69. The largest absolute Gasteiger partial charge is 0.348 e. The molecule has 0 bridgehead atoms. The Kier molecular flexibility index (Phi) is 3.79. The smallest absolute Gasteiger partial charge is 0.257 e. The Balaban J connectivity index is 1.51. The van der Waals surface area contributed by atoms with E-state index in [2.05, 4.69) is 35.0 Å². The van der Waals surface area contributed by atoms with Crippen LogP contribution in [0, 0.1) is 0 Å². The zero-order chi connectivity index (χ0) is 19.3. The summed E-state index contributed by atoms with van der Waals surface area (Å²) in [5.74, 6) is -0.326. The van der Waals surface area contributed by atoms with Crippen LogP contribution in [0.15, 0.2) is 71.7 Å². The average Bonchev–Trinajstić information content (AvgIpc) is 3.04. The van der Waals surface area contributed by atoms with Gasteiger partial charge in [-0.05, 0) is 41.3 Å². The molecule has 1 aliphatic rings. The van der Waals surface area contributed by atoms with E-state index in [1.54, 1.807) is 6.20 Å². The van der Waals surface area contributed by atoms with E-state index in [1.165, 1.54) is 5.56 Å². The molecule has 4 aromatic rings. The van der Waals surface area contributed by atoms with Crippen molar-refractivity contribution in [3.8, 4) is 0 Å². The number of nitrogens with zero attached hydrogens (tertiary/aromatic N) is 1. The topological polar surface area (TPSA) is 51.1 Å². The molecule has 1 atom stereocenters. The second kappa shape index (κ2) is 6.34. The van der Waals surface area contributed by atoms with Gasteiger partial charge in [0.1, 0.15) is 5.56 Å². The molecule has 1 amide bonds. The number of hydrogen-bond acceptors (Lipinski definition) is 2. The zero-order valence-electron chi connectivity index (χ0n) is 15.6. The molecule has 4 heteroatoms. The molecule has 5 rings (SSSR count). The van der Waals surface area contributed by atoms with Crippen molar-refractivity contribution in [1.82, 2.24) is 9.88 Å². The normalized spacial score (nSPS) is 15.2. The predicted molar refractivity (Wildman–Crippen MR) is 112 cm³/mol. The minimum Gasteiger partial charge on any atom is -0.348 e. The van der Waals surface area contributed by atoms with Gasteiger partial charge in [-0.3, -0.25) is 9.59 Å². The minimum absolute atomic E-state index is 0.197. The molecule has 0 saturated heterocycles. The van der Waals surface area contributed by atoms with Crippen LogP contribution in [-0.2, 0) is 13.0 Å². The first-order chi connectivity index (χ1) is 13.6. The Labute approximate surface area is 162 Å². The van der Waals surface area contributed by atoms with Gasteiger partial charge in [0.2, 0.25) is 5.43 Å². The third kappa shape index (κ3) is 2.53. The van der Waals surface area contributed by atoms with Gasteiger partial charge in [0.05, 0.1) is 5.52 Å². The number of nitrogens with one attached hydrogen (secondary N) is 1. The number of pyridine rings is 1. The minimum atomic E-state index is -0.326. The van der Waals surface area contributed by atoms with E-state index in [0.29, 0.717) is 11.9 Å². The second-order valence-electron chi connectivity index (χ2n) is 7.47. The molecule has 0 fully saturated rings. The predicted octanol–water partition coefficient (Wildman–Crippen LogP) is 4.20. The standard InChI is InChI=1S/C24H20N2O2/c1-15-12-17-8-5-11-20-22(17)26(15)14-21(23(20)27)24(28)25-13-18-9-4-7-16-6-2-3-10-19(16)18/h2-11,14-15H,12-13H2,1H3,(H,25,28). The summed E-state index contributed by atoms with van der Waals surface area (Å²) in [7, 11) is 0. The quantitative estimate of drug-likeness (QED) is 0.589. The highest BCUT2D eigenvalue weighted by atomic mass is 16.2. The Morgan fingerprint density at radius 2 is 1.79 bits per heavy atom. The summed E-state index contributed by atoms with van der Waals surface area (Å²) in [5, 5.41) is 5.81. The lowest BCUT2D eigenvalue weighted by Crippen LogP contribution is -2.29. The second-order valence-corrected chi connectivity index (χ2v) is 7.47. The zero-order valence-corrected chi connectivity index (χ0v) is 15.6. The van der Waals surface area contributed by atoms with Gasteiger partial charge in [-0.1, -0.05) is 54.6 Å². The molecule has 1 N–H and O–H groups in total. The summed E-state index contributed by atoms with van der Waals surface area (Å²) in [5.41, 5.74) is 3.18. The van der Waals surface area contributed by atoms with Crippen LogP contribution in [0.1, 0.15) is 34.5 Å². The van der Waals surface area contributed by atoms with Gasteiger partial charge in [0.15, 0.2) is 0 Å². The van der Waals surface area contributed by atoms with E-state index >= 15 is 0 Å². The molecule has 0 aliphatic carbocycles. The lowest BCUT2D eigenvalue weighted by Gasteiger charge is -2.13. The molecule has 1 aromatic heterocycles. The van der Waals surface area contributed by atoms with E-state index in [1.807, 2.05) is 42.5 Å². The van der Waals surface area contributed by atoms with E-state index < -0.39 is 0 Å². The molecule has 1 unspecified atom stereocenters. The fraction of sp³-hybridized carbons (Fsp3) is 0.167. The third-order valence-corrected chi connectivity index (χ3v) is 5.69. The Morgan fingerprint density at radius 3 is 2.68 bits per heavy atom. The van der Waals surface area contributed by atoms with Gasteiger partial charge >= 0.3 is 0 Å². The van der Waals surface area contributed by atoms with Crippen molar-refractivity contribution in [2.24, 2.45) is 0 Å². The first-order valence-electron chi connectivity index (χ1n) is 9.55. The molecule has 2 heterocycles. The number of fused-ring (bicyclic) bond motifs is 1. The van der Waals surface area contributed by atoms with Crippen LogP contribution in [0.3, 0.4) is 0 Å². The number of carbonyl (C=O) groups excluding carboxylic acids is 1. The van der Waals surface area contributed by atoms with E-state index in [9.17, 15) is 9.59 Å². The first-order valence-corrected chi connectivity index (χ1v) is 9.55. The Hall–Kier alpha value is -3.40. The molecule has 0 spiro atoms. The first kappa shape index (κ1) is 16.8. The number of aromatic nitrogens is 1. The van der Waals surface area contributed by atoms with Crippen molar-refractivity contribution in [1.29, 1.82) is 0 Å². The van der Waals surface area contributed by atoms with Crippen LogP contribution in [0.2, 0.25) is 0 Å². The summed E-state index contributed by atoms with van der Waals surface area (Å²) in [4.78, 5) is 25.8. The monoisotopic (exact) mass is 368 g/mol. The highest BCUT2D eigenvalue weighted by Crippen LogP contribution is 2.30. The summed E-state index contributed by atoms with van der Waals surface area (Å²) in [6.07, 6.45) is 2.61. The summed E-state index contributed by atoms with van der Waals surface area (Å²) in [6, 6.07) is 20.1. The summed E-state index contributed by atoms with van der Waals surface area (Å²) < 4.78 is 2.07. The van der Waals surface area contributed by atoms with E-state index in [0.717, 1.165) is 28.3 Å². The van der Waals surface area contributed by atoms with Crippen LogP contribution in [0.25, 0.3) is 21.7 Å². The summed E-state index contributed by atoms with van der Waals surface area (Å²) >= 11 is 0. The molecular weight excluding hydrogens is 348 g/mol. The molecule has 1 aliphatic heterocycles. The molecule has 3 aromatic carbocycles. The maximum atomic E-state index is 13.0. The molecule has 0 radical (unpaired) electrons. The number of rotatable bonds is 3. The van der Waals surface area contributed by atoms with E-state index in [-0.39, 0.29) is 22.9 Å². The number of hydrogen-bond donors (Lipinski definition) is 1. The van der Waals surface area contributed by atoms with Crippen LogP contribution >= 0.6 is 0 Å². The fourth-order valence-corrected chi connectivity index (χ4v) is 4.29. The number of amides is 1. The molecule has 28 heavy (non-hydrogen) atoms. The Morgan fingerprint density at radius 1 is 1.04 bits per heavy atom. The SMILES string of the molecule is CC1Cc2cccc3c(=O)c(C(=O)NCc4cccc5ccccc45)cn1c23. The fourth-order valence-electron chi connectivity index (χ4n) is 4.29. The number of para-hydroxylation sites is 1. The van der Waals surface area contributed by atoms with Crippen LogP contribution < -0.4 is 10.7 Å². The van der Waals surface area contributed by atoms with Gasteiger partial charge < -0.3 is 9.88 Å². The average molecular weight is 368 g/mol. The van der Waals surface area contributed by atoms with Gasteiger partial charge in [-0.2, -0.15) is 0 Å². The lowest BCUT2D eigenvalue weighted by molar-refractivity contribution is 0.0949. The maximum Gasteiger partial charge on any atom is 0.257 e. The molecule has 0 saturated carbocycles. The Bertz CT molecular complexity index is 1300. The van der Waals surface area contributed by atoms with Gasteiger partial charge in [0, 0.05) is 24.2 Å². The van der Waals surface area contributed by atoms with Crippen molar-refractivity contribution in [3.05, 3.63) is 93.8 Å². The molecule has 138 valence electrons. The van der Waals surface area contributed by atoms with Gasteiger partial charge in [-0.15, -0.1) is 0 Å². The van der Waals surface area contributed by atoms with Gasteiger partial charge in [0.25, 0.3) is 5.91 Å². The summed E-state index contributed by atoms with van der Waals surface area (Å²) in [6.45, 7) is 2.50. The number of carbonyl (C=O) groups is 1. The van der Waals surface area contributed by atoms with Crippen molar-refractivity contribution in [3.63, 3.8) is 0 Å². The lowest BCUT2D eigenvalue weighted by atomic mass is 10.0.